The number of fused-ring (bicyclic) bond motifs is 2. The van der Waals surface area contributed by atoms with Crippen molar-refractivity contribution in [3.8, 4) is 17.2 Å². The fourth-order valence-corrected chi connectivity index (χ4v) is 10.7. The van der Waals surface area contributed by atoms with Crippen molar-refractivity contribution in [1.29, 1.82) is 0 Å². The van der Waals surface area contributed by atoms with Gasteiger partial charge in [0.2, 0.25) is 6.29 Å². The number of benzene rings is 3. The number of nitrogens with zero attached hydrogens (tertiary/aromatic N) is 1. The number of carboxylic acids is 1. The molecule has 0 aliphatic carbocycles. The van der Waals surface area contributed by atoms with Gasteiger partial charge in [-0.1, -0.05) is 90.1 Å². The molecule has 4 aliphatic rings. The van der Waals surface area contributed by atoms with E-state index in [2.05, 4.69) is 72.0 Å². The van der Waals surface area contributed by atoms with E-state index in [1.807, 2.05) is 6.21 Å². The van der Waals surface area contributed by atoms with Crippen LogP contribution in [-0.2, 0) is 20.7 Å². The van der Waals surface area contributed by atoms with Gasteiger partial charge in [-0.2, -0.15) is 0 Å². The fraction of sp³-hybridized carbons (Fsp3) is 0.458. The summed E-state index contributed by atoms with van der Waals surface area (Å²) in [4.78, 5) is 17.0. The molecule has 0 aromatic heterocycles. The fourth-order valence-electron chi connectivity index (χ4n) is 8.69. The third kappa shape index (κ3) is 11.3. The number of allylic oxidation sites excluding steroid dienone is 2. The van der Waals surface area contributed by atoms with Gasteiger partial charge >= 0.3 is 5.97 Å². The molecule has 0 saturated carbocycles. The Morgan fingerprint density at radius 2 is 1.94 bits per heavy atom. The second-order valence-electron chi connectivity index (χ2n) is 16.5. The second kappa shape index (κ2) is 22.0. The van der Waals surface area contributed by atoms with E-state index in [9.17, 15) is 30.3 Å². The maximum atomic E-state index is 12.7. The summed E-state index contributed by atoms with van der Waals surface area (Å²) >= 11 is 0. The Morgan fingerprint density at radius 3 is 2.71 bits per heavy atom. The smallest absolute Gasteiger partial charge is 0.335 e. The highest BCUT2D eigenvalue weighted by atomic mass is 33.1. The van der Waals surface area contributed by atoms with Gasteiger partial charge in [0, 0.05) is 30.2 Å². The highest BCUT2D eigenvalue weighted by Crippen LogP contribution is 2.42. The standard InChI is InChI=1S/C48H59N3O10S2/c1-3-20-49-21-7-12-32-10-5-4-9-31(32)11-6-8-30(2)38-25-51-28-48(57)45(59-29-63-62-27-40(38)34-19-22-50-24-34)43(54)44(46(55)56)61-47(48)60-36-17-18-37-41(23-36)58-26-39(42(37)53)33-13-15-35(52)16-14-33/h4-6,9-11,13-19,23-24,30,38,40,43-45,47,49,51-54,57H,3,7-8,12,20-22,25-29H2,1-2H3,(H,55,56)/b11-6+/t30-,38+,40+,43+,44-,45-,47+,48+/m0/s1. The van der Waals surface area contributed by atoms with Crippen molar-refractivity contribution in [3.63, 3.8) is 0 Å². The van der Waals surface area contributed by atoms with Crippen LogP contribution < -0.4 is 20.1 Å². The van der Waals surface area contributed by atoms with Gasteiger partial charge in [-0.3, -0.25) is 4.99 Å². The number of rotatable bonds is 15. The number of phenols is 1. The number of ether oxygens (including phenoxy) is 4. The molecule has 7 N–H and O–H groups in total. The topological polar surface area (TPSA) is 192 Å². The number of carbonyl (C=O) groups is 1. The van der Waals surface area contributed by atoms with Crippen LogP contribution in [0.3, 0.4) is 0 Å². The first kappa shape index (κ1) is 46.7. The molecule has 4 aliphatic heterocycles. The Balaban J connectivity index is 1.12. The van der Waals surface area contributed by atoms with Crippen molar-refractivity contribution in [2.24, 2.45) is 22.7 Å². The predicted molar refractivity (Wildman–Crippen MR) is 249 cm³/mol. The molecule has 0 unspecified atom stereocenters. The molecule has 338 valence electrons. The number of nitrogens with one attached hydrogen (secondary N) is 2. The lowest BCUT2D eigenvalue weighted by molar-refractivity contribution is -0.316. The number of phenolic OH excluding ortho intramolecular Hbond substituents is 1. The molecular formula is C48H59N3O10S2. The monoisotopic (exact) mass is 901 g/mol. The molecule has 0 bridgehead atoms. The average molecular weight is 902 g/mol. The molecule has 3 aromatic rings. The first-order valence-corrected chi connectivity index (χ1v) is 24.2. The first-order valence-electron chi connectivity index (χ1n) is 21.7. The number of aromatic hydroxyl groups is 1. The van der Waals surface area contributed by atoms with Crippen LogP contribution >= 0.6 is 21.6 Å². The normalized spacial score (nSPS) is 27.1. The van der Waals surface area contributed by atoms with Crippen LogP contribution in [0.4, 0.5) is 0 Å². The van der Waals surface area contributed by atoms with Crippen molar-refractivity contribution in [2.75, 3.05) is 51.0 Å². The minimum atomic E-state index is -2.08. The Bertz CT molecular complexity index is 2150. The number of aliphatic carboxylic acids is 1. The van der Waals surface area contributed by atoms with Crippen LogP contribution in [0.1, 0.15) is 55.4 Å². The molecule has 0 spiro atoms. The van der Waals surface area contributed by atoms with E-state index >= 15 is 0 Å². The summed E-state index contributed by atoms with van der Waals surface area (Å²) in [6, 6.07) is 19.7. The maximum Gasteiger partial charge on any atom is 0.335 e. The molecule has 2 fully saturated rings. The summed E-state index contributed by atoms with van der Waals surface area (Å²) in [6.45, 7) is 7.42. The molecule has 2 saturated heterocycles. The van der Waals surface area contributed by atoms with E-state index in [1.54, 1.807) is 35.1 Å². The van der Waals surface area contributed by atoms with E-state index in [1.165, 1.54) is 45.7 Å². The highest BCUT2D eigenvalue weighted by molar-refractivity contribution is 8.76. The SMILES string of the molecule is CCCNCCCc1ccccc1/C=C/C[C@H](C)[C@H]1CNC[C@]2(O)[C@H](Oc3ccc4c(c3)OCC(c3ccc(O)cc3)=C4O)O[C@H](C(=O)O)[C@@H](O)[C@@H]2OCSSC[C@@H]1C1=CCN=C1. The Labute approximate surface area is 377 Å². The summed E-state index contributed by atoms with van der Waals surface area (Å²) < 4.78 is 24.4. The van der Waals surface area contributed by atoms with Crippen molar-refractivity contribution >= 4 is 51.2 Å². The minimum Gasteiger partial charge on any atom is -0.508 e. The summed E-state index contributed by atoms with van der Waals surface area (Å²) in [6.07, 6.45) is 6.12. The van der Waals surface area contributed by atoms with Gasteiger partial charge in [0.15, 0.2) is 11.7 Å². The zero-order chi connectivity index (χ0) is 44.3. The number of aliphatic hydroxyl groups excluding tert-OH is 2. The second-order valence-corrected chi connectivity index (χ2v) is 19.0. The lowest BCUT2D eigenvalue weighted by atomic mass is 9.77. The third-order valence-corrected chi connectivity index (χ3v) is 14.3. The number of hydrogen-bond acceptors (Lipinski definition) is 14. The zero-order valence-electron chi connectivity index (χ0n) is 35.7. The van der Waals surface area contributed by atoms with Crippen molar-refractivity contribution in [2.45, 2.75) is 69.7 Å². The number of hydrogen-bond donors (Lipinski definition) is 7. The van der Waals surface area contributed by atoms with Gasteiger partial charge in [-0.15, -0.1) is 0 Å². The van der Waals surface area contributed by atoms with Crippen LogP contribution in [0.15, 0.2) is 89.4 Å². The molecule has 4 heterocycles. The van der Waals surface area contributed by atoms with Gasteiger partial charge in [0.05, 0.1) is 12.1 Å². The van der Waals surface area contributed by atoms with Crippen LogP contribution in [0.5, 0.6) is 17.2 Å². The number of aliphatic imine (C=N–C) groups is 1. The molecule has 63 heavy (non-hydrogen) atoms. The molecule has 13 nitrogen and oxygen atoms in total. The maximum absolute atomic E-state index is 12.7. The first-order chi connectivity index (χ1) is 30.6. The molecule has 15 heteroatoms. The van der Waals surface area contributed by atoms with Gasteiger partial charge in [0.25, 0.3) is 0 Å². The van der Waals surface area contributed by atoms with Crippen LogP contribution in [0.2, 0.25) is 0 Å². The van der Waals surface area contributed by atoms with Gasteiger partial charge < -0.3 is 55.1 Å². The molecule has 0 radical (unpaired) electrons. The number of aliphatic hydroxyl groups is 3. The number of aryl methyl sites for hydroxylation is 1. The molecular weight excluding hydrogens is 843 g/mol. The van der Waals surface area contributed by atoms with Crippen molar-refractivity contribution < 1.29 is 49.3 Å². The van der Waals surface area contributed by atoms with Crippen molar-refractivity contribution in [3.05, 3.63) is 107 Å². The Kier molecular flexibility index (Phi) is 16.3. The average Bonchev–Trinajstić information content (AvgIpc) is 3.81. The number of carboxylic acid groups (broad SMARTS) is 1. The zero-order valence-corrected chi connectivity index (χ0v) is 37.4. The molecule has 7 rings (SSSR count). The van der Waals surface area contributed by atoms with Crippen LogP contribution in [0, 0.1) is 17.8 Å². The van der Waals surface area contributed by atoms with Crippen molar-refractivity contribution in [1.82, 2.24) is 10.6 Å². The summed E-state index contributed by atoms with van der Waals surface area (Å²) in [5.41, 5.74) is 3.26. The minimum absolute atomic E-state index is 0.00424. The van der Waals surface area contributed by atoms with E-state index in [4.69, 9.17) is 18.9 Å². The largest absolute Gasteiger partial charge is 0.508 e. The van der Waals surface area contributed by atoms with Crippen LogP contribution in [0.25, 0.3) is 17.4 Å². The van der Waals surface area contributed by atoms with Gasteiger partial charge in [-0.05, 0) is 110 Å². The predicted octanol–water partition coefficient (Wildman–Crippen LogP) is 6.73. The van der Waals surface area contributed by atoms with E-state index < -0.39 is 36.2 Å². The Morgan fingerprint density at radius 1 is 1.11 bits per heavy atom. The van der Waals surface area contributed by atoms with Gasteiger partial charge in [-0.25, -0.2) is 4.79 Å². The summed E-state index contributed by atoms with van der Waals surface area (Å²) in [5.74, 6) is 0.363. The van der Waals surface area contributed by atoms with E-state index in [0.717, 1.165) is 44.5 Å². The third-order valence-electron chi connectivity index (χ3n) is 12.2. The quantitative estimate of drug-likeness (QED) is 0.0628. The molecule has 0 amide bonds. The number of β-amino-alcohol motifs (C(OH)–C–C–N with tert-alkyl or cyclic N) is 1. The summed E-state index contributed by atoms with van der Waals surface area (Å²) in [7, 11) is 3.06. The van der Waals surface area contributed by atoms with Crippen LogP contribution in [-0.4, -0.2) is 119 Å². The lowest BCUT2D eigenvalue weighted by Crippen LogP contribution is -2.72. The van der Waals surface area contributed by atoms with E-state index in [-0.39, 0.29) is 54.1 Å². The molecule has 3 aromatic carbocycles. The van der Waals surface area contributed by atoms with Gasteiger partial charge in [0.1, 0.15) is 47.8 Å². The Hall–Kier alpha value is -4.32. The highest BCUT2D eigenvalue weighted by Gasteiger charge is 2.59. The summed E-state index contributed by atoms with van der Waals surface area (Å²) in [5, 5.41) is 62.2. The van der Waals surface area contributed by atoms with E-state index in [0.29, 0.717) is 35.5 Å². The lowest BCUT2D eigenvalue weighted by Gasteiger charge is -2.49. The molecule has 8 atom stereocenters.